The van der Waals surface area contributed by atoms with Crippen LogP contribution in [0.4, 0.5) is 0 Å². The van der Waals surface area contributed by atoms with Gasteiger partial charge in [0, 0.05) is 39.4 Å². The Kier molecular flexibility index (Phi) is 5.89. The van der Waals surface area contributed by atoms with Crippen molar-refractivity contribution in [2.45, 2.75) is 101 Å². The van der Waals surface area contributed by atoms with E-state index in [0.717, 1.165) is 17.6 Å². The van der Waals surface area contributed by atoms with Crippen LogP contribution in [0.15, 0.2) is 35.9 Å². The molecule has 2 bridgehead atoms. The number of rotatable bonds is 6. The van der Waals surface area contributed by atoms with Crippen LogP contribution in [0, 0.1) is 11.3 Å². The van der Waals surface area contributed by atoms with Crippen LogP contribution < -0.4 is 0 Å². The van der Waals surface area contributed by atoms with E-state index in [4.69, 9.17) is 18.9 Å². The molecule has 0 amide bonds. The second kappa shape index (κ2) is 8.85. The molecular formula is C33H39NO8. The van der Waals surface area contributed by atoms with Gasteiger partial charge in [-0.15, -0.1) is 0 Å². The van der Waals surface area contributed by atoms with Crippen molar-refractivity contribution in [2.24, 2.45) is 11.3 Å². The average molecular weight is 578 g/mol. The van der Waals surface area contributed by atoms with Crippen molar-refractivity contribution < 1.29 is 38.4 Å². The molecule has 2 saturated carbocycles. The minimum absolute atomic E-state index is 0.0994. The lowest BCUT2D eigenvalue weighted by atomic mass is 9.41. The molecule has 5 aliphatic rings. The average Bonchev–Trinajstić information content (AvgIpc) is 3.52. The van der Waals surface area contributed by atoms with Crippen molar-refractivity contribution in [3.63, 3.8) is 0 Å². The van der Waals surface area contributed by atoms with Crippen LogP contribution in [0.5, 0.6) is 0 Å². The van der Waals surface area contributed by atoms with E-state index in [-0.39, 0.29) is 24.9 Å². The summed E-state index contributed by atoms with van der Waals surface area (Å²) in [6, 6.07) is 8.25. The first kappa shape index (κ1) is 28.0. The maximum atomic E-state index is 13.5. The Balaban J connectivity index is 1.35. The Morgan fingerprint density at radius 1 is 1.14 bits per heavy atom. The number of aliphatic hydroxyl groups is 1. The van der Waals surface area contributed by atoms with Gasteiger partial charge in [0.1, 0.15) is 24.2 Å². The van der Waals surface area contributed by atoms with Crippen LogP contribution in [0.25, 0.3) is 10.9 Å². The molecule has 2 aromatic rings. The van der Waals surface area contributed by atoms with E-state index in [1.165, 1.54) is 17.0 Å². The fraction of sp³-hybridized carbons (Fsp3) is 0.606. The molecule has 0 unspecified atom stereocenters. The third kappa shape index (κ3) is 3.36. The van der Waals surface area contributed by atoms with E-state index in [9.17, 15) is 19.5 Å². The summed E-state index contributed by atoms with van der Waals surface area (Å²) in [5.41, 5.74) is -0.132. The van der Waals surface area contributed by atoms with Gasteiger partial charge in [-0.25, -0.2) is 0 Å². The Morgan fingerprint density at radius 2 is 1.90 bits per heavy atom. The van der Waals surface area contributed by atoms with Crippen LogP contribution in [-0.2, 0) is 45.2 Å². The highest BCUT2D eigenvalue weighted by atomic mass is 16.8. The molecule has 1 aromatic carbocycles. The third-order valence-electron chi connectivity index (χ3n) is 11.3. The summed E-state index contributed by atoms with van der Waals surface area (Å²) in [6.07, 6.45) is 1.77. The quantitative estimate of drug-likeness (QED) is 0.392. The molecule has 1 spiro atoms. The molecule has 224 valence electrons. The lowest BCUT2D eigenvalue weighted by molar-refractivity contribution is -0.279. The molecule has 7 atom stereocenters. The predicted molar refractivity (Wildman–Crippen MR) is 152 cm³/mol. The number of para-hydroxylation sites is 1. The van der Waals surface area contributed by atoms with Gasteiger partial charge in [0.15, 0.2) is 23.5 Å². The number of aromatic nitrogens is 1. The zero-order valence-electron chi connectivity index (χ0n) is 24.9. The fourth-order valence-electron chi connectivity index (χ4n) is 9.20. The molecule has 2 aliphatic heterocycles. The number of Topliss-reactive ketones (excluding diaryl/α,β-unsaturated/α-hetero) is 1. The van der Waals surface area contributed by atoms with Gasteiger partial charge >= 0.3 is 5.97 Å². The second-order valence-corrected chi connectivity index (χ2v) is 13.7. The van der Waals surface area contributed by atoms with Crippen molar-refractivity contribution in [3.05, 3.63) is 47.2 Å². The molecule has 9 heteroatoms. The molecule has 0 radical (unpaired) electrons. The highest BCUT2D eigenvalue weighted by molar-refractivity contribution is 5.97. The molecule has 1 saturated heterocycles. The van der Waals surface area contributed by atoms with Gasteiger partial charge < -0.3 is 29.0 Å². The molecule has 3 heterocycles. The van der Waals surface area contributed by atoms with E-state index in [2.05, 4.69) is 31.0 Å². The number of benzene rings is 1. The molecule has 3 aliphatic carbocycles. The number of carbonyl (C=O) groups excluding carboxylic acids is 3. The van der Waals surface area contributed by atoms with Gasteiger partial charge in [-0.2, -0.15) is 0 Å². The number of carbonyl (C=O) groups is 3. The van der Waals surface area contributed by atoms with Crippen molar-refractivity contribution in [3.8, 4) is 0 Å². The topological polar surface area (TPSA) is 124 Å². The van der Waals surface area contributed by atoms with Gasteiger partial charge in [0.05, 0.1) is 12.7 Å². The van der Waals surface area contributed by atoms with Crippen LogP contribution in [0.1, 0.15) is 71.6 Å². The maximum Gasteiger partial charge on any atom is 0.313 e. The first-order valence-electron chi connectivity index (χ1n) is 15.1. The van der Waals surface area contributed by atoms with E-state index in [0.29, 0.717) is 24.8 Å². The summed E-state index contributed by atoms with van der Waals surface area (Å²) < 4.78 is 24.2. The van der Waals surface area contributed by atoms with E-state index >= 15 is 0 Å². The Bertz CT molecular complexity index is 1560. The number of fused-ring (bicyclic) bond motifs is 9. The van der Waals surface area contributed by atoms with E-state index < -0.39 is 58.2 Å². The second-order valence-electron chi connectivity index (χ2n) is 13.7. The number of esters is 1. The number of hydrogen-bond donors (Lipinski definition) is 2. The summed E-state index contributed by atoms with van der Waals surface area (Å²) in [7, 11) is 0. The molecule has 7 rings (SSSR count). The SMILES string of the molecule is CCOC(=O)CC(=O)CO[C@H]1C[C@H]2Cc3c([nH]c4ccccc34)[C@]2(C)[C@@]2(C)CC[C@@]34O[C@@H](C(=O)C=C3[C@]12O)C(C)(C)O4. The molecule has 2 N–H and O–H groups in total. The van der Waals surface area contributed by atoms with Gasteiger partial charge in [0.25, 0.3) is 0 Å². The van der Waals surface area contributed by atoms with Crippen molar-refractivity contribution in [1.82, 2.24) is 4.98 Å². The first-order valence-corrected chi connectivity index (χ1v) is 15.1. The predicted octanol–water partition coefficient (Wildman–Crippen LogP) is 3.84. The minimum Gasteiger partial charge on any atom is -0.466 e. The first-order chi connectivity index (χ1) is 19.8. The summed E-state index contributed by atoms with van der Waals surface area (Å²) in [4.78, 5) is 42.0. The number of hydrogen-bond acceptors (Lipinski definition) is 8. The number of aromatic amines is 1. The zero-order valence-corrected chi connectivity index (χ0v) is 24.9. The Labute approximate surface area is 244 Å². The van der Waals surface area contributed by atoms with Crippen LogP contribution in [0.3, 0.4) is 0 Å². The zero-order chi connectivity index (χ0) is 29.9. The number of nitrogens with one attached hydrogen (secondary N) is 1. The Hall–Kier alpha value is -2.85. The van der Waals surface area contributed by atoms with Gasteiger partial charge in [-0.3, -0.25) is 14.4 Å². The number of ketones is 2. The minimum atomic E-state index is -1.71. The largest absolute Gasteiger partial charge is 0.466 e. The van der Waals surface area contributed by atoms with Crippen LogP contribution >= 0.6 is 0 Å². The fourth-order valence-corrected chi connectivity index (χ4v) is 9.20. The molecular weight excluding hydrogens is 538 g/mol. The van der Waals surface area contributed by atoms with Crippen LogP contribution in [-0.4, -0.2) is 70.0 Å². The highest BCUT2D eigenvalue weighted by Crippen LogP contribution is 2.72. The smallest absolute Gasteiger partial charge is 0.313 e. The standard InChI is InChI=1S/C33H39NO8/c1-6-39-26(37)15-19(35)17-40-25-14-18-13-21-20-9-7-8-10-22(20)34-27(21)31(18,5)30(4)11-12-32-24(33(25,30)38)16-23(36)28(41-32)29(2,3)42-32/h7-10,16,18,25,28,34,38H,6,11-15,17H2,1-5H3/t18-,25+,28+,30-,31-,32+,33+/m1/s1. The van der Waals surface area contributed by atoms with E-state index in [1.807, 2.05) is 26.0 Å². The lowest BCUT2D eigenvalue weighted by Crippen LogP contribution is -2.74. The summed E-state index contributed by atoms with van der Waals surface area (Å²) >= 11 is 0. The monoisotopic (exact) mass is 577 g/mol. The number of H-pyrrole nitrogens is 1. The molecule has 1 aromatic heterocycles. The van der Waals surface area contributed by atoms with Gasteiger partial charge in [-0.1, -0.05) is 32.0 Å². The third-order valence-corrected chi connectivity index (χ3v) is 11.3. The Morgan fingerprint density at radius 3 is 2.67 bits per heavy atom. The van der Waals surface area contributed by atoms with Gasteiger partial charge in [0.2, 0.25) is 0 Å². The van der Waals surface area contributed by atoms with Crippen molar-refractivity contribution in [2.75, 3.05) is 13.2 Å². The van der Waals surface area contributed by atoms with Gasteiger partial charge in [-0.05, 0) is 63.7 Å². The normalized spacial score (nSPS) is 39.2. The van der Waals surface area contributed by atoms with Crippen LogP contribution in [0.2, 0.25) is 0 Å². The molecule has 3 fully saturated rings. The summed E-state index contributed by atoms with van der Waals surface area (Å²) in [5.74, 6) is -2.45. The summed E-state index contributed by atoms with van der Waals surface area (Å²) in [5, 5.41) is 14.4. The highest BCUT2D eigenvalue weighted by Gasteiger charge is 2.78. The van der Waals surface area contributed by atoms with Crippen molar-refractivity contribution >= 4 is 28.4 Å². The summed E-state index contributed by atoms with van der Waals surface area (Å²) in [6.45, 7) is 9.50. The van der Waals surface area contributed by atoms with Crippen molar-refractivity contribution in [1.29, 1.82) is 0 Å². The lowest BCUT2D eigenvalue weighted by Gasteiger charge is -2.67. The molecule has 9 nitrogen and oxygen atoms in total. The number of ether oxygens (including phenoxy) is 4. The maximum absolute atomic E-state index is 13.5. The van der Waals surface area contributed by atoms with E-state index in [1.54, 1.807) is 6.92 Å². The molecule has 42 heavy (non-hydrogen) atoms.